The molecule has 0 amide bonds. The highest BCUT2D eigenvalue weighted by Gasteiger charge is 2.20. The summed E-state index contributed by atoms with van der Waals surface area (Å²) in [6, 6.07) is 0. The molecule has 1 fully saturated rings. The number of nitrogens with zero attached hydrogens (tertiary/aromatic N) is 2. The van der Waals surface area contributed by atoms with Gasteiger partial charge in [0.1, 0.15) is 0 Å². The Morgan fingerprint density at radius 1 is 1.56 bits per heavy atom. The molecular weight excluding hydrogens is 204 g/mol. The maximum Gasteiger partial charge on any atom is 0.231 e. The summed E-state index contributed by atoms with van der Waals surface area (Å²) >= 11 is 0. The van der Waals surface area contributed by atoms with E-state index < -0.39 is 0 Å². The van der Waals surface area contributed by atoms with Gasteiger partial charge in [-0.05, 0) is 39.4 Å². The summed E-state index contributed by atoms with van der Waals surface area (Å²) in [6.07, 6.45) is 4.30. The fourth-order valence-electron chi connectivity index (χ4n) is 2.02. The van der Waals surface area contributed by atoms with Crippen molar-refractivity contribution in [3.63, 3.8) is 0 Å². The molecule has 1 aliphatic rings. The molecule has 1 aromatic heterocycles. The van der Waals surface area contributed by atoms with Crippen LogP contribution in [-0.2, 0) is 6.42 Å². The Labute approximate surface area is 96.0 Å². The number of rotatable bonds is 5. The minimum absolute atomic E-state index is 0.416. The summed E-state index contributed by atoms with van der Waals surface area (Å²) in [4.78, 5) is 4.46. The molecule has 1 saturated heterocycles. The quantitative estimate of drug-likeness (QED) is 0.720. The van der Waals surface area contributed by atoms with Gasteiger partial charge >= 0.3 is 0 Å². The van der Waals surface area contributed by atoms with E-state index in [1.165, 1.54) is 6.42 Å². The Balaban J connectivity index is 1.85. The molecule has 0 saturated carbocycles. The molecule has 1 atom stereocenters. The second kappa shape index (κ2) is 5.96. The van der Waals surface area contributed by atoms with Gasteiger partial charge in [-0.1, -0.05) is 5.16 Å². The predicted molar refractivity (Wildman–Crippen MR) is 61.4 cm³/mol. The van der Waals surface area contributed by atoms with Crippen LogP contribution >= 0.6 is 0 Å². The topological polar surface area (TPSA) is 63.0 Å². The van der Waals surface area contributed by atoms with Crippen LogP contribution in [0.5, 0.6) is 0 Å². The molecular formula is C11H20N4O. The molecule has 1 unspecified atom stereocenters. The molecule has 1 aromatic rings. The molecule has 5 nitrogen and oxygen atoms in total. The third-order valence-electron chi connectivity index (χ3n) is 2.96. The maximum atomic E-state index is 5.31. The van der Waals surface area contributed by atoms with Gasteiger partial charge in [0, 0.05) is 13.0 Å². The zero-order valence-corrected chi connectivity index (χ0v) is 9.83. The van der Waals surface area contributed by atoms with E-state index in [1.54, 1.807) is 0 Å². The van der Waals surface area contributed by atoms with E-state index in [4.69, 9.17) is 4.52 Å². The third-order valence-corrected chi connectivity index (χ3v) is 2.96. The van der Waals surface area contributed by atoms with Crippen LogP contribution in [0.4, 0.5) is 0 Å². The molecule has 0 radical (unpaired) electrons. The van der Waals surface area contributed by atoms with Crippen molar-refractivity contribution in [2.24, 2.45) is 0 Å². The molecule has 0 aliphatic carbocycles. The van der Waals surface area contributed by atoms with Crippen LogP contribution in [-0.4, -0.2) is 36.8 Å². The minimum atomic E-state index is 0.416. The molecule has 0 aromatic carbocycles. The first-order valence-corrected chi connectivity index (χ1v) is 6.08. The average molecular weight is 224 g/mol. The monoisotopic (exact) mass is 224 g/mol. The zero-order chi connectivity index (χ0) is 11.2. The molecule has 2 N–H and O–H groups in total. The van der Waals surface area contributed by atoms with Gasteiger partial charge in [-0.3, -0.25) is 0 Å². The van der Waals surface area contributed by atoms with E-state index in [-0.39, 0.29) is 0 Å². The van der Waals surface area contributed by atoms with E-state index >= 15 is 0 Å². The Morgan fingerprint density at radius 2 is 2.50 bits per heavy atom. The van der Waals surface area contributed by atoms with Gasteiger partial charge in [-0.15, -0.1) is 0 Å². The van der Waals surface area contributed by atoms with E-state index in [9.17, 15) is 0 Å². The molecule has 1 aliphatic heterocycles. The first-order valence-electron chi connectivity index (χ1n) is 6.08. The summed E-state index contributed by atoms with van der Waals surface area (Å²) in [7, 11) is 1.95. The van der Waals surface area contributed by atoms with Crippen molar-refractivity contribution in [3.05, 3.63) is 11.7 Å². The lowest BCUT2D eigenvalue weighted by atomic mass is 10.00. The average Bonchev–Trinajstić information content (AvgIpc) is 2.79. The number of aryl methyl sites for hydroxylation is 1. The Kier molecular flexibility index (Phi) is 4.30. The van der Waals surface area contributed by atoms with Crippen molar-refractivity contribution in [2.75, 3.05) is 26.7 Å². The second-order valence-electron chi connectivity index (χ2n) is 4.30. The smallest absolute Gasteiger partial charge is 0.231 e. The molecule has 5 heteroatoms. The molecule has 2 rings (SSSR count). The van der Waals surface area contributed by atoms with Gasteiger partial charge in [0.25, 0.3) is 0 Å². The van der Waals surface area contributed by atoms with Crippen LogP contribution in [0.3, 0.4) is 0 Å². The summed E-state index contributed by atoms with van der Waals surface area (Å²) in [5, 5.41) is 10.5. The van der Waals surface area contributed by atoms with Crippen molar-refractivity contribution >= 4 is 0 Å². The van der Waals surface area contributed by atoms with Crippen molar-refractivity contribution in [1.29, 1.82) is 0 Å². The second-order valence-corrected chi connectivity index (χ2v) is 4.30. The Hall–Kier alpha value is -0.940. The fourth-order valence-corrected chi connectivity index (χ4v) is 2.02. The highest BCUT2D eigenvalue weighted by atomic mass is 16.5. The third kappa shape index (κ3) is 3.02. The van der Waals surface area contributed by atoms with Gasteiger partial charge in [0.2, 0.25) is 5.89 Å². The standard InChI is InChI=1S/C11H20N4O/c1-12-6-3-5-10-14-11(16-15-10)9-4-2-7-13-8-9/h9,12-13H,2-8H2,1H3. The summed E-state index contributed by atoms with van der Waals surface area (Å²) < 4.78 is 5.31. The SMILES string of the molecule is CNCCCc1noc(C2CCCNC2)n1. The van der Waals surface area contributed by atoms with Crippen LogP contribution in [0.15, 0.2) is 4.52 Å². The van der Waals surface area contributed by atoms with Crippen molar-refractivity contribution in [1.82, 2.24) is 20.8 Å². The predicted octanol–water partition coefficient (Wildman–Crippen LogP) is 0.689. The highest BCUT2D eigenvalue weighted by Crippen LogP contribution is 2.21. The van der Waals surface area contributed by atoms with Crippen LogP contribution in [0, 0.1) is 0 Å². The maximum absolute atomic E-state index is 5.31. The van der Waals surface area contributed by atoms with Crippen LogP contribution in [0.25, 0.3) is 0 Å². The van der Waals surface area contributed by atoms with Crippen molar-refractivity contribution in [3.8, 4) is 0 Å². The summed E-state index contributed by atoms with van der Waals surface area (Å²) in [5.74, 6) is 2.07. The zero-order valence-electron chi connectivity index (χ0n) is 9.83. The van der Waals surface area contributed by atoms with Crippen molar-refractivity contribution < 1.29 is 4.52 Å². The number of hydrogen-bond acceptors (Lipinski definition) is 5. The van der Waals surface area contributed by atoms with Crippen LogP contribution < -0.4 is 10.6 Å². The van der Waals surface area contributed by atoms with Gasteiger partial charge < -0.3 is 15.2 Å². The van der Waals surface area contributed by atoms with Crippen molar-refractivity contribution in [2.45, 2.75) is 31.6 Å². The fraction of sp³-hybridized carbons (Fsp3) is 0.818. The van der Waals surface area contributed by atoms with Gasteiger partial charge in [0.05, 0.1) is 5.92 Å². The first-order chi connectivity index (χ1) is 7.90. The van der Waals surface area contributed by atoms with Gasteiger partial charge in [-0.2, -0.15) is 4.98 Å². The number of aromatic nitrogens is 2. The largest absolute Gasteiger partial charge is 0.339 e. The minimum Gasteiger partial charge on any atom is -0.339 e. The lowest BCUT2D eigenvalue weighted by molar-refractivity contribution is 0.320. The van der Waals surface area contributed by atoms with Crippen LogP contribution in [0.2, 0.25) is 0 Å². The van der Waals surface area contributed by atoms with Crippen LogP contribution in [0.1, 0.15) is 36.9 Å². The van der Waals surface area contributed by atoms with E-state index in [0.29, 0.717) is 5.92 Å². The molecule has 0 bridgehead atoms. The van der Waals surface area contributed by atoms with E-state index in [2.05, 4.69) is 20.8 Å². The lowest BCUT2D eigenvalue weighted by Gasteiger charge is -2.18. The molecule has 0 spiro atoms. The Bertz CT molecular complexity index is 307. The number of hydrogen-bond donors (Lipinski definition) is 2. The normalized spacial score (nSPS) is 21.2. The van der Waals surface area contributed by atoms with E-state index in [0.717, 1.165) is 50.6 Å². The highest BCUT2D eigenvalue weighted by molar-refractivity contribution is 4.96. The molecule has 90 valence electrons. The Morgan fingerprint density at radius 3 is 3.25 bits per heavy atom. The summed E-state index contributed by atoms with van der Waals surface area (Å²) in [5.41, 5.74) is 0. The van der Waals surface area contributed by atoms with Gasteiger partial charge in [0.15, 0.2) is 5.82 Å². The summed E-state index contributed by atoms with van der Waals surface area (Å²) in [6.45, 7) is 3.08. The first kappa shape index (κ1) is 11.5. The molecule has 2 heterocycles. The number of nitrogens with one attached hydrogen (secondary N) is 2. The molecule has 16 heavy (non-hydrogen) atoms. The lowest BCUT2D eigenvalue weighted by Crippen LogP contribution is -2.28. The van der Waals surface area contributed by atoms with Gasteiger partial charge in [-0.25, -0.2) is 0 Å². The number of piperidine rings is 1. The van der Waals surface area contributed by atoms with E-state index in [1.807, 2.05) is 7.05 Å².